The third-order valence-electron chi connectivity index (χ3n) is 3.73. The Hall–Kier alpha value is -1.56. The van der Waals surface area contributed by atoms with Crippen LogP contribution in [-0.4, -0.2) is 22.8 Å². The maximum Gasteiger partial charge on any atom is 0.233 e. The molecule has 0 aromatic heterocycles. The molecule has 1 heterocycles. The highest BCUT2D eigenvalue weighted by Crippen LogP contribution is 2.36. The van der Waals surface area contributed by atoms with Crippen LogP contribution in [-0.2, 0) is 9.59 Å². The fourth-order valence-corrected chi connectivity index (χ4v) is 2.74. The van der Waals surface area contributed by atoms with Gasteiger partial charge in [-0.05, 0) is 19.3 Å². The first-order chi connectivity index (χ1) is 8.20. The van der Waals surface area contributed by atoms with Crippen LogP contribution in [0.5, 0.6) is 0 Å². The zero-order valence-corrected chi connectivity index (χ0v) is 10.1. The van der Waals surface area contributed by atoms with E-state index in [9.17, 15) is 9.59 Å². The molecule has 0 radical (unpaired) electrons. The third kappa shape index (κ3) is 1.88. The third-order valence-corrected chi connectivity index (χ3v) is 3.73. The molecule has 1 saturated heterocycles. The van der Waals surface area contributed by atoms with Gasteiger partial charge in [-0.2, -0.15) is 0 Å². The summed E-state index contributed by atoms with van der Waals surface area (Å²) in [6, 6.07) is -0.120. The maximum atomic E-state index is 12.2. The topological polar surface area (TPSA) is 37.4 Å². The fraction of sp³-hybridized carbons (Fsp3) is 0.571. The second-order valence-electron chi connectivity index (χ2n) is 4.67. The summed E-state index contributed by atoms with van der Waals surface area (Å²) in [6.07, 6.45) is 11.9. The molecule has 2 rings (SSSR count). The molecule has 1 aliphatic heterocycles. The predicted molar refractivity (Wildman–Crippen MR) is 64.7 cm³/mol. The van der Waals surface area contributed by atoms with E-state index in [0.29, 0.717) is 19.3 Å². The molecule has 90 valence electrons. The van der Waals surface area contributed by atoms with Gasteiger partial charge in [0.05, 0.1) is 17.9 Å². The molecule has 0 N–H and O–H groups in total. The van der Waals surface area contributed by atoms with E-state index in [0.717, 1.165) is 6.42 Å². The summed E-state index contributed by atoms with van der Waals surface area (Å²) < 4.78 is 0. The molecule has 17 heavy (non-hydrogen) atoms. The number of likely N-dealkylation sites (tertiary alicyclic amines) is 1. The lowest BCUT2D eigenvalue weighted by Crippen LogP contribution is -2.40. The lowest BCUT2D eigenvalue weighted by Gasteiger charge is -2.23. The van der Waals surface area contributed by atoms with Gasteiger partial charge in [-0.3, -0.25) is 14.5 Å². The van der Waals surface area contributed by atoms with Crippen molar-refractivity contribution in [3.05, 3.63) is 12.2 Å². The Labute approximate surface area is 102 Å². The van der Waals surface area contributed by atoms with E-state index in [1.165, 1.54) is 4.90 Å². The van der Waals surface area contributed by atoms with E-state index >= 15 is 0 Å². The lowest BCUT2D eigenvalue weighted by molar-refractivity contribution is -0.142. The number of allylic oxidation sites excluding steroid dienone is 2. The van der Waals surface area contributed by atoms with Crippen molar-refractivity contribution in [1.29, 1.82) is 0 Å². The molecule has 0 aromatic carbocycles. The molecule has 0 saturated carbocycles. The Morgan fingerprint density at radius 3 is 2.29 bits per heavy atom. The van der Waals surface area contributed by atoms with Crippen molar-refractivity contribution < 1.29 is 9.59 Å². The second kappa shape index (κ2) is 4.75. The molecular weight excluding hydrogens is 214 g/mol. The number of amides is 2. The van der Waals surface area contributed by atoms with Crippen molar-refractivity contribution in [2.24, 2.45) is 11.8 Å². The minimum atomic E-state index is -0.140. The number of terminal acetylenes is 1. The Bertz CT molecular complexity index is 379. The second-order valence-corrected chi connectivity index (χ2v) is 4.67. The summed E-state index contributed by atoms with van der Waals surface area (Å²) >= 11 is 0. The van der Waals surface area contributed by atoms with Gasteiger partial charge in [-0.25, -0.2) is 0 Å². The van der Waals surface area contributed by atoms with Gasteiger partial charge in [0, 0.05) is 6.42 Å². The predicted octanol–water partition coefficient (Wildman–Crippen LogP) is 1.74. The molecule has 0 bridgehead atoms. The van der Waals surface area contributed by atoms with Crippen LogP contribution in [0.15, 0.2) is 12.2 Å². The quantitative estimate of drug-likeness (QED) is 0.421. The molecular formula is C14H17NO2. The summed E-state index contributed by atoms with van der Waals surface area (Å²) in [6.45, 7) is 1.96. The number of nitrogens with zero attached hydrogens (tertiary/aromatic N) is 1. The van der Waals surface area contributed by atoms with Crippen LogP contribution in [0, 0.1) is 24.2 Å². The lowest BCUT2D eigenvalue weighted by atomic mass is 9.85. The minimum absolute atomic E-state index is 0.0218. The van der Waals surface area contributed by atoms with Crippen molar-refractivity contribution in [2.75, 3.05) is 0 Å². The minimum Gasteiger partial charge on any atom is -0.278 e. The molecule has 2 aliphatic rings. The molecule has 0 aromatic rings. The zero-order valence-electron chi connectivity index (χ0n) is 10.1. The van der Waals surface area contributed by atoms with Crippen LogP contribution in [0.25, 0.3) is 0 Å². The smallest absolute Gasteiger partial charge is 0.233 e. The van der Waals surface area contributed by atoms with Crippen LogP contribution in [0.2, 0.25) is 0 Å². The first-order valence-corrected chi connectivity index (χ1v) is 6.16. The zero-order chi connectivity index (χ0) is 12.4. The van der Waals surface area contributed by atoms with Gasteiger partial charge < -0.3 is 0 Å². The number of imide groups is 1. The van der Waals surface area contributed by atoms with Crippen LogP contribution >= 0.6 is 0 Å². The Morgan fingerprint density at radius 1 is 1.35 bits per heavy atom. The number of hydrogen-bond donors (Lipinski definition) is 0. The van der Waals surface area contributed by atoms with Gasteiger partial charge in [-0.15, -0.1) is 12.3 Å². The number of hydrogen-bond acceptors (Lipinski definition) is 2. The van der Waals surface area contributed by atoms with E-state index < -0.39 is 0 Å². The van der Waals surface area contributed by atoms with Crippen LogP contribution in [0.1, 0.15) is 32.6 Å². The average Bonchev–Trinajstić information content (AvgIpc) is 2.61. The summed E-state index contributed by atoms with van der Waals surface area (Å²) in [7, 11) is 0. The van der Waals surface area contributed by atoms with E-state index in [2.05, 4.69) is 5.92 Å². The van der Waals surface area contributed by atoms with Crippen molar-refractivity contribution in [1.82, 2.24) is 4.90 Å². The van der Waals surface area contributed by atoms with Crippen molar-refractivity contribution in [3.8, 4) is 12.3 Å². The molecule has 1 aliphatic carbocycles. The van der Waals surface area contributed by atoms with Gasteiger partial charge in [0.1, 0.15) is 0 Å². The Balaban J connectivity index is 2.23. The van der Waals surface area contributed by atoms with Gasteiger partial charge in [0.25, 0.3) is 0 Å². The van der Waals surface area contributed by atoms with E-state index in [4.69, 9.17) is 6.42 Å². The van der Waals surface area contributed by atoms with Gasteiger partial charge in [0.15, 0.2) is 0 Å². The molecule has 3 heteroatoms. The average molecular weight is 231 g/mol. The highest BCUT2D eigenvalue weighted by molar-refractivity contribution is 6.05. The molecule has 0 spiro atoms. The monoisotopic (exact) mass is 231 g/mol. The molecule has 3 atom stereocenters. The Kier molecular flexibility index (Phi) is 3.33. The molecule has 3 unspecified atom stereocenters. The first kappa shape index (κ1) is 11.9. The SMILES string of the molecule is C#CCC(CC)N1C(=O)C2CC=CCC2C1=O. The summed E-state index contributed by atoms with van der Waals surface area (Å²) in [5.74, 6) is 2.23. The molecule has 3 nitrogen and oxygen atoms in total. The molecule has 1 fully saturated rings. The van der Waals surface area contributed by atoms with Crippen LogP contribution in [0.4, 0.5) is 0 Å². The number of rotatable bonds is 3. The summed E-state index contributed by atoms with van der Waals surface area (Å²) in [5, 5.41) is 0. The fourth-order valence-electron chi connectivity index (χ4n) is 2.74. The van der Waals surface area contributed by atoms with Gasteiger partial charge >= 0.3 is 0 Å². The van der Waals surface area contributed by atoms with Gasteiger partial charge in [0.2, 0.25) is 11.8 Å². The number of fused-ring (bicyclic) bond motifs is 1. The number of carbonyl (C=O) groups is 2. The van der Waals surface area contributed by atoms with Crippen LogP contribution < -0.4 is 0 Å². The largest absolute Gasteiger partial charge is 0.278 e. The van der Waals surface area contributed by atoms with E-state index in [1.54, 1.807) is 0 Å². The standard InChI is InChI=1S/C14H17NO2/c1-3-7-10(4-2)15-13(16)11-8-5-6-9-12(11)14(15)17/h1,5-6,10-12H,4,7-9H2,2H3. The summed E-state index contributed by atoms with van der Waals surface area (Å²) in [5.41, 5.74) is 0. The highest BCUT2D eigenvalue weighted by atomic mass is 16.2. The van der Waals surface area contributed by atoms with E-state index in [1.807, 2.05) is 19.1 Å². The van der Waals surface area contributed by atoms with Crippen LogP contribution in [0.3, 0.4) is 0 Å². The normalized spacial score (nSPS) is 29.1. The summed E-state index contributed by atoms with van der Waals surface area (Å²) in [4.78, 5) is 25.9. The highest BCUT2D eigenvalue weighted by Gasteiger charge is 2.48. The van der Waals surface area contributed by atoms with Crippen molar-refractivity contribution in [2.45, 2.75) is 38.6 Å². The Morgan fingerprint density at radius 2 is 1.88 bits per heavy atom. The van der Waals surface area contributed by atoms with Crippen molar-refractivity contribution >= 4 is 11.8 Å². The van der Waals surface area contributed by atoms with Crippen molar-refractivity contribution in [3.63, 3.8) is 0 Å². The molecule has 2 amide bonds. The maximum absolute atomic E-state index is 12.2. The van der Waals surface area contributed by atoms with Gasteiger partial charge in [-0.1, -0.05) is 19.1 Å². The number of carbonyl (C=O) groups excluding carboxylic acids is 2. The first-order valence-electron chi connectivity index (χ1n) is 6.16. The van der Waals surface area contributed by atoms with E-state index in [-0.39, 0.29) is 29.7 Å².